The molecule has 2 aromatic heterocycles. The van der Waals surface area contributed by atoms with Gasteiger partial charge in [0.25, 0.3) is 5.91 Å². The van der Waals surface area contributed by atoms with Crippen molar-refractivity contribution in [1.82, 2.24) is 15.3 Å². The summed E-state index contributed by atoms with van der Waals surface area (Å²) in [5, 5.41) is 20.8. The second-order valence-corrected chi connectivity index (χ2v) is 14.0. The zero-order valence-corrected chi connectivity index (χ0v) is 33.6. The summed E-state index contributed by atoms with van der Waals surface area (Å²) in [6.07, 6.45) is 6.33. The number of nitrogens with one attached hydrogen (secondary N) is 4. The summed E-state index contributed by atoms with van der Waals surface area (Å²) in [4.78, 5) is 81.0. The van der Waals surface area contributed by atoms with Crippen molar-refractivity contribution in [1.29, 1.82) is 0 Å². The van der Waals surface area contributed by atoms with Gasteiger partial charge in [-0.2, -0.15) is 4.39 Å². The molecule has 4 aromatic rings. The predicted molar refractivity (Wildman–Crippen MR) is 223 cm³/mol. The quantitative estimate of drug-likeness (QED) is 0.0259. The van der Waals surface area contributed by atoms with Crippen LogP contribution in [0.1, 0.15) is 108 Å². The van der Waals surface area contributed by atoms with Gasteiger partial charge in [0, 0.05) is 77.5 Å². The first kappa shape index (κ1) is 45.1. The number of pyridine rings is 2. The Labute approximate surface area is 343 Å². The molecule has 0 saturated carbocycles. The normalized spacial score (nSPS) is 13.7. The average Bonchev–Trinajstić information content (AvgIpc) is 3.49. The number of unbranched alkanes of at least 4 members (excludes halogenated alkanes) is 1. The molecule has 3 unspecified atom stereocenters. The van der Waals surface area contributed by atoms with Gasteiger partial charge >= 0.3 is 6.03 Å². The number of aldehydes is 1. The molecule has 1 aliphatic rings. The number of rotatable bonds is 16. The van der Waals surface area contributed by atoms with Crippen LogP contribution in [0.5, 0.6) is 0 Å². The number of carbonyl (C=O) groups excluding carboxylic acids is 6. The standard InChI is InChI=1S/C43H45FN6O6.C2H4O/c1-4-26(2)36(52)16-13-27(3)38-40(53)33-11-8-12-34(39(33)41(38)54)46-18-5-6-19-47-42(55)29-10-7-9-28(21-29)14-15-31-22-32(17-20-45-31)49-43(56)50-35-23-37(44)48-24-30(35)25-51;1-2-3/h7-12,17,20-24,26-27,38,46,51H,4-6,13,16,18-19,25H2,1-3H3,(H,47,55)(H2,45,48,49,50,56);2H,1H3. The minimum Gasteiger partial charge on any atom is -0.392 e. The van der Waals surface area contributed by atoms with Crippen LogP contribution >= 0.6 is 0 Å². The molecular formula is C45H49FN6O7. The Hall–Kier alpha value is -6.59. The third kappa shape index (κ3) is 12.7. The molecule has 0 bridgehead atoms. The lowest BCUT2D eigenvalue weighted by molar-refractivity contribution is -0.122. The molecule has 13 nitrogen and oxygen atoms in total. The number of urea groups is 1. The van der Waals surface area contributed by atoms with E-state index in [0.717, 1.165) is 25.0 Å². The number of hydrogen-bond donors (Lipinski definition) is 5. The number of ketones is 3. The zero-order chi connectivity index (χ0) is 42.9. The zero-order valence-electron chi connectivity index (χ0n) is 33.6. The first-order valence-electron chi connectivity index (χ1n) is 19.5. The van der Waals surface area contributed by atoms with E-state index in [9.17, 15) is 33.5 Å². The average molecular weight is 805 g/mol. The number of halogens is 1. The van der Waals surface area contributed by atoms with Crippen molar-refractivity contribution in [2.24, 2.45) is 17.8 Å². The van der Waals surface area contributed by atoms with Gasteiger partial charge in [-0.3, -0.25) is 19.2 Å². The van der Waals surface area contributed by atoms with Crippen molar-refractivity contribution in [3.05, 3.63) is 113 Å². The first-order chi connectivity index (χ1) is 28.4. The van der Waals surface area contributed by atoms with Gasteiger partial charge in [-0.1, -0.05) is 44.9 Å². The maximum atomic E-state index is 13.5. The fourth-order valence-corrected chi connectivity index (χ4v) is 6.35. The molecule has 0 fully saturated rings. The topological polar surface area (TPSA) is 197 Å². The molecule has 59 heavy (non-hydrogen) atoms. The number of aromatic nitrogens is 2. The highest BCUT2D eigenvalue weighted by molar-refractivity contribution is 6.28. The van der Waals surface area contributed by atoms with Crippen LogP contribution in [0.2, 0.25) is 0 Å². The van der Waals surface area contributed by atoms with Gasteiger partial charge in [0.15, 0.2) is 11.6 Å². The molecule has 14 heteroatoms. The molecule has 3 atom stereocenters. The van der Waals surface area contributed by atoms with E-state index in [2.05, 4.69) is 43.1 Å². The van der Waals surface area contributed by atoms with Crippen LogP contribution in [0.3, 0.4) is 0 Å². The van der Waals surface area contributed by atoms with E-state index in [1.807, 2.05) is 20.8 Å². The molecule has 3 amide bonds. The molecule has 5 N–H and O–H groups in total. The lowest BCUT2D eigenvalue weighted by Crippen LogP contribution is -2.25. The van der Waals surface area contributed by atoms with Crippen molar-refractivity contribution in [2.45, 2.75) is 66.4 Å². The summed E-state index contributed by atoms with van der Waals surface area (Å²) in [6.45, 7) is 7.71. The summed E-state index contributed by atoms with van der Waals surface area (Å²) in [5.41, 5.74) is 3.54. The summed E-state index contributed by atoms with van der Waals surface area (Å²) < 4.78 is 13.5. The van der Waals surface area contributed by atoms with E-state index in [1.165, 1.54) is 13.1 Å². The molecule has 0 radical (unpaired) electrons. The molecule has 0 saturated heterocycles. The molecule has 1 aliphatic carbocycles. The molecule has 2 aromatic carbocycles. The van der Waals surface area contributed by atoms with Crippen molar-refractivity contribution in [2.75, 3.05) is 29.0 Å². The van der Waals surface area contributed by atoms with E-state index in [4.69, 9.17) is 4.79 Å². The van der Waals surface area contributed by atoms with E-state index in [1.54, 1.807) is 54.6 Å². The van der Waals surface area contributed by atoms with Crippen LogP contribution in [-0.2, 0) is 16.2 Å². The fraction of sp³-hybridized carbons (Fsp3) is 0.333. The van der Waals surface area contributed by atoms with Crippen molar-refractivity contribution in [3.8, 4) is 11.8 Å². The van der Waals surface area contributed by atoms with Crippen LogP contribution in [0, 0.1) is 35.5 Å². The van der Waals surface area contributed by atoms with Crippen LogP contribution in [0.15, 0.2) is 73.1 Å². The second kappa shape index (κ2) is 22.4. The van der Waals surface area contributed by atoms with Crippen molar-refractivity contribution >= 4 is 52.6 Å². The van der Waals surface area contributed by atoms with Crippen LogP contribution in [0.25, 0.3) is 0 Å². The third-order valence-corrected chi connectivity index (χ3v) is 9.77. The summed E-state index contributed by atoms with van der Waals surface area (Å²) in [7, 11) is 0. The third-order valence-electron chi connectivity index (χ3n) is 9.77. The van der Waals surface area contributed by atoms with Gasteiger partial charge in [-0.25, -0.2) is 14.8 Å². The van der Waals surface area contributed by atoms with E-state index in [0.29, 0.717) is 78.1 Å². The second-order valence-electron chi connectivity index (χ2n) is 14.0. The van der Waals surface area contributed by atoms with E-state index < -0.39 is 24.5 Å². The van der Waals surface area contributed by atoms with Gasteiger partial charge in [-0.15, -0.1) is 0 Å². The molecule has 308 valence electrons. The SMILES string of the molecule is CC=O.CCC(C)C(=O)CCC(C)C1C(=O)c2cccc(NCCCCNC(=O)c3cccc(C#Cc4cc(NC(=O)Nc5cc(F)ncc5CO)ccn4)c3)c2C1=O. The smallest absolute Gasteiger partial charge is 0.323 e. The Bertz CT molecular complexity index is 2230. The predicted octanol–water partition coefficient (Wildman–Crippen LogP) is 7.01. The Morgan fingerprint density at radius 3 is 2.42 bits per heavy atom. The Morgan fingerprint density at radius 2 is 1.68 bits per heavy atom. The van der Waals surface area contributed by atoms with Gasteiger partial charge in [-0.05, 0) is 80.8 Å². The highest BCUT2D eigenvalue weighted by Crippen LogP contribution is 2.37. The number of aliphatic hydroxyl groups is 1. The highest BCUT2D eigenvalue weighted by Gasteiger charge is 2.43. The molecule has 2 heterocycles. The fourth-order valence-electron chi connectivity index (χ4n) is 6.35. The van der Waals surface area contributed by atoms with Crippen LogP contribution < -0.4 is 21.3 Å². The number of anilines is 3. The van der Waals surface area contributed by atoms with Gasteiger partial charge < -0.3 is 31.2 Å². The van der Waals surface area contributed by atoms with Crippen LogP contribution in [-0.4, -0.2) is 63.7 Å². The summed E-state index contributed by atoms with van der Waals surface area (Å²) >= 11 is 0. The van der Waals surface area contributed by atoms with Crippen molar-refractivity contribution in [3.63, 3.8) is 0 Å². The maximum Gasteiger partial charge on any atom is 0.323 e. The molecule has 5 rings (SSSR count). The number of amides is 3. The number of nitrogens with zero attached hydrogens (tertiary/aromatic N) is 2. The first-order valence-corrected chi connectivity index (χ1v) is 19.5. The molecule has 0 spiro atoms. The number of aliphatic hydroxyl groups excluding tert-OH is 1. The lowest BCUT2D eigenvalue weighted by atomic mass is 9.84. The number of hydrogen-bond acceptors (Lipinski definition) is 10. The summed E-state index contributed by atoms with van der Waals surface area (Å²) in [6, 6.07) is 15.5. The van der Waals surface area contributed by atoms with Gasteiger partial charge in [0.05, 0.1) is 23.8 Å². The Morgan fingerprint density at radius 1 is 0.932 bits per heavy atom. The maximum absolute atomic E-state index is 13.5. The van der Waals surface area contributed by atoms with Crippen LogP contribution in [0.4, 0.5) is 26.2 Å². The Balaban J connectivity index is 0.00000248. The minimum atomic E-state index is -0.805. The minimum absolute atomic E-state index is 0.0297. The number of fused-ring (bicyclic) bond motifs is 1. The van der Waals surface area contributed by atoms with E-state index >= 15 is 0 Å². The Kier molecular flexibility index (Phi) is 17.1. The van der Waals surface area contributed by atoms with E-state index in [-0.39, 0.29) is 46.3 Å². The van der Waals surface area contributed by atoms with Gasteiger partial charge in [0.1, 0.15) is 17.8 Å². The monoisotopic (exact) mass is 804 g/mol. The number of Topliss-reactive ketones (excluding diaryl/α,β-unsaturated/α-hetero) is 3. The number of benzene rings is 2. The van der Waals surface area contributed by atoms with Crippen molar-refractivity contribution < 1.29 is 38.3 Å². The van der Waals surface area contributed by atoms with Gasteiger partial charge in [0.2, 0.25) is 5.95 Å². The molecule has 0 aliphatic heterocycles. The largest absolute Gasteiger partial charge is 0.392 e. The lowest BCUT2D eigenvalue weighted by Gasteiger charge is -2.17. The number of carbonyl (C=O) groups is 6. The summed E-state index contributed by atoms with van der Waals surface area (Å²) in [5.74, 6) is 3.57. The highest BCUT2D eigenvalue weighted by atomic mass is 19.1. The molecular weight excluding hydrogens is 756 g/mol.